The van der Waals surface area contributed by atoms with Gasteiger partial charge in [-0.1, -0.05) is 103 Å². The lowest BCUT2D eigenvalue weighted by Crippen LogP contribution is -2.36. The Balaban J connectivity index is 1.18. The summed E-state index contributed by atoms with van der Waals surface area (Å²) in [5, 5.41) is 2.44. The number of benzene rings is 3. The van der Waals surface area contributed by atoms with Crippen LogP contribution in [0.3, 0.4) is 0 Å². The number of fused-ring (bicyclic) bond motifs is 7. The van der Waals surface area contributed by atoms with Crippen molar-refractivity contribution in [2.45, 2.75) is 31.7 Å². The van der Waals surface area contributed by atoms with Gasteiger partial charge in [-0.3, -0.25) is 4.98 Å². The van der Waals surface area contributed by atoms with Crippen molar-refractivity contribution in [2.24, 2.45) is 5.92 Å². The van der Waals surface area contributed by atoms with Crippen LogP contribution in [0.2, 0.25) is 0 Å². The Hall–Kier alpha value is -5.61. The van der Waals surface area contributed by atoms with Crippen LogP contribution in [-0.4, -0.2) is 29.5 Å². The first kappa shape index (κ1) is 28.4. The number of pyridine rings is 1. The minimum Gasteiger partial charge on any atom is -0.368 e. The maximum absolute atomic E-state index is 4.94. The summed E-state index contributed by atoms with van der Waals surface area (Å²) in [5.74, 6) is 0.260. The molecule has 3 aliphatic heterocycles. The van der Waals surface area contributed by atoms with E-state index in [1.165, 1.54) is 72.8 Å². The molecule has 3 aliphatic carbocycles. The highest BCUT2D eigenvalue weighted by Gasteiger charge is 2.45. The van der Waals surface area contributed by atoms with Gasteiger partial charge in [0.15, 0.2) is 0 Å². The second-order valence-corrected chi connectivity index (χ2v) is 13.8. The molecule has 0 amide bonds. The van der Waals surface area contributed by atoms with E-state index in [-0.39, 0.29) is 12.0 Å². The molecule has 3 aromatic carbocycles. The van der Waals surface area contributed by atoms with E-state index in [0.29, 0.717) is 0 Å². The Morgan fingerprint density at radius 3 is 2.57 bits per heavy atom. The Morgan fingerprint density at radius 2 is 1.61 bits per heavy atom. The van der Waals surface area contributed by atoms with Crippen LogP contribution in [0.4, 0.5) is 11.4 Å². The Bertz CT molecular complexity index is 2300. The highest BCUT2D eigenvalue weighted by atomic mass is 15.3. The van der Waals surface area contributed by atoms with Gasteiger partial charge in [0.2, 0.25) is 0 Å². The summed E-state index contributed by atoms with van der Waals surface area (Å²) in [6, 6.07) is 28.9. The first-order chi connectivity index (χ1) is 24.2. The molecule has 10 rings (SSSR count). The van der Waals surface area contributed by atoms with Crippen molar-refractivity contribution in [1.82, 2.24) is 9.88 Å². The van der Waals surface area contributed by atoms with E-state index in [9.17, 15) is 0 Å². The molecular weight excluding hydrogens is 597 g/mol. The van der Waals surface area contributed by atoms with E-state index in [2.05, 4.69) is 155 Å². The molecule has 4 aromatic rings. The maximum Gasteiger partial charge on any atom is 0.0777 e. The number of aromatic nitrogens is 1. The van der Waals surface area contributed by atoms with E-state index in [1.54, 1.807) is 0 Å². The van der Waals surface area contributed by atoms with Gasteiger partial charge in [0.05, 0.1) is 29.7 Å². The van der Waals surface area contributed by atoms with Crippen LogP contribution in [0.15, 0.2) is 162 Å². The van der Waals surface area contributed by atoms with Gasteiger partial charge >= 0.3 is 0 Å². The zero-order valence-corrected chi connectivity index (χ0v) is 27.8. The van der Waals surface area contributed by atoms with E-state index in [0.717, 1.165) is 37.9 Å². The zero-order chi connectivity index (χ0) is 32.5. The van der Waals surface area contributed by atoms with Crippen LogP contribution < -0.4 is 9.80 Å². The van der Waals surface area contributed by atoms with Gasteiger partial charge in [-0.2, -0.15) is 0 Å². The fraction of sp³-hybridized carbons (Fsp3) is 0.178. The van der Waals surface area contributed by atoms with E-state index in [1.807, 2.05) is 6.20 Å². The summed E-state index contributed by atoms with van der Waals surface area (Å²) in [6.45, 7) is 0.853. The molecule has 238 valence electrons. The van der Waals surface area contributed by atoms with Crippen molar-refractivity contribution < 1.29 is 0 Å². The minimum atomic E-state index is 0.219. The number of para-hydroxylation sites is 2. The lowest BCUT2D eigenvalue weighted by atomic mass is 9.83. The van der Waals surface area contributed by atoms with Crippen LogP contribution in [0.25, 0.3) is 28.1 Å². The molecule has 6 aliphatic rings. The molecule has 4 heterocycles. The molecule has 1 aromatic heterocycles. The molecule has 0 N–H and O–H groups in total. The van der Waals surface area contributed by atoms with E-state index >= 15 is 0 Å². The molecule has 0 radical (unpaired) electrons. The maximum atomic E-state index is 4.94. The highest BCUT2D eigenvalue weighted by molar-refractivity contribution is 5.95. The molecular formula is C45H38N4. The van der Waals surface area contributed by atoms with Gasteiger partial charge in [-0.25, -0.2) is 0 Å². The van der Waals surface area contributed by atoms with Crippen molar-refractivity contribution in [2.75, 3.05) is 23.4 Å². The second-order valence-electron chi connectivity index (χ2n) is 13.8. The first-order valence-corrected chi connectivity index (χ1v) is 17.7. The minimum absolute atomic E-state index is 0.219. The highest BCUT2D eigenvalue weighted by Crippen LogP contribution is 2.55. The quantitative estimate of drug-likeness (QED) is 0.224. The van der Waals surface area contributed by atoms with Crippen molar-refractivity contribution in [3.05, 3.63) is 179 Å². The lowest BCUT2D eigenvalue weighted by molar-refractivity contribution is 0.387. The number of allylic oxidation sites excluding steroid dienone is 10. The number of likely N-dealkylation sites (N-methyl/N-ethyl adjacent to an activating group) is 1. The first-order valence-electron chi connectivity index (χ1n) is 17.7. The van der Waals surface area contributed by atoms with Gasteiger partial charge in [-0.15, -0.1) is 0 Å². The molecule has 4 heteroatoms. The number of hydrogen-bond donors (Lipinski definition) is 0. The van der Waals surface area contributed by atoms with Crippen LogP contribution in [0.1, 0.15) is 42.5 Å². The smallest absolute Gasteiger partial charge is 0.0777 e. The van der Waals surface area contributed by atoms with E-state index < -0.39 is 0 Å². The Morgan fingerprint density at radius 1 is 0.776 bits per heavy atom. The monoisotopic (exact) mass is 634 g/mol. The summed E-state index contributed by atoms with van der Waals surface area (Å²) in [5.41, 5.74) is 15.7. The third kappa shape index (κ3) is 4.40. The van der Waals surface area contributed by atoms with Crippen molar-refractivity contribution in [1.29, 1.82) is 0 Å². The molecule has 2 unspecified atom stereocenters. The van der Waals surface area contributed by atoms with Crippen LogP contribution in [0.5, 0.6) is 0 Å². The predicted molar refractivity (Wildman–Crippen MR) is 203 cm³/mol. The Kier molecular flexibility index (Phi) is 6.51. The fourth-order valence-corrected chi connectivity index (χ4v) is 8.97. The summed E-state index contributed by atoms with van der Waals surface area (Å²) < 4.78 is 0. The van der Waals surface area contributed by atoms with Gasteiger partial charge in [0, 0.05) is 52.9 Å². The normalized spacial score (nSPS) is 22.2. The summed E-state index contributed by atoms with van der Waals surface area (Å²) in [7, 11) is 2.22. The molecule has 0 saturated carbocycles. The van der Waals surface area contributed by atoms with Crippen molar-refractivity contribution >= 4 is 39.5 Å². The lowest BCUT2D eigenvalue weighted by Gasteiger charge is -2.39. The fourth-order valence-electron chi connectivity index (χ4n) is 8.97. The van der Waals surface area contributed by atoms with Crippen LogP contribution in [0, 0.1) is 5.92 Å². The molecule has 4 nitrogen and oxygen atoms in total. The third-order valence-electron chi connectivity index (χ3n) is 11.0. The van der Waals surface area contributed by atoms with Crippen molar-refractivity contribution in [3.8, 4) is 0 Å². The summed E-state index contributed by atoms with van der Waals surface area (Å²) in [4.78, 5) is 12.7. The average molecular weight is 635 g/mol. The number of hydrogen-bond acceptors (Lipinski definition) is 4. The molecule has 0 spiro atoms. The molecule has 0 saturated heterocycles. The van der Waals surface area contributed by atoms with Gasteiger partial charge in [0.1, 0.15) is 0 Å². The van der Waals surface area contributed by atoms with E-state index in [4.69, 9.17) is 4.98 Å². The van der Waals surface area contributed by atoms with Crippen molar-refractivity contribution in [3.63, 3.8) is 0 Å². The van der Waals surface area contributed by atoms with Crippen LogP contribution in [-0.2, 0) is 0 Å². The number of anilines is 2. The largest absolute Gasteiger partial charge is 0.368 e. The zero-order valence-electron chi connectivity index (χ0n) is 27.8. The average Bonchev–Trinajstić information content (AvgIpc) is 3.44. The summed E-state index contributed by atoms with van der Waals surface area (Å²) in [6.07, 6.45) is 27.4. The Labute approximate surface area is 288 Å². The topological polar surface area (TPSA) is 22.6 Å². The summed E-state index contributed by atoms with van der Waals surface area (Å²) >= 11 is 0. The standard InChI is InChI=1S/C45H38N4/c1-47-29-34(27-31-14-3-8-21-39(31)47)48-40-22-9-5-18-36(40)43-37-19-6-10-23-41(37)49(45(43)38-20-7-11-24-42(38)48)33-16-12-15-32(28-33)44-35-17-4-2-13-30(35)25-26-46-44/h2-8,10-11,13-15,17-21,23-28,37,41H,9,12,16,22,29H2,1H3. The van der Waals surface area contributed by atoms with Crippen LogP contribution >= 0.6 is 0 Å². The number of rotatable bonds is 3. The third-order valence-corrected chi connectivity index (χ3v) is 11.0. The predicted octanol–water partition coefficient (Wildman–Crippen LogP) is 10.0. The van der Waals surface area contributed by atoms with Gasteiger partial charge in [0.25, 0.3) is 0 Å². The van der Waals surface area contributed by atoms with Gasteiger partial charge in [-0.05, 0) is 83.7 Å². The van der Waals surface area contributed by atoms with Gasteiger partial charge < -0.3 is 14.7 Å². The number of nitrogens with zero attached hydrogens (tertiary/aromatic N) is 4. The molecule has 0 fully saturated rings. The second kappa shape index (κ2) is 11.2. The molecule has 49 heavy (non-hydrogen) atoms. The SMILES string of the molecule is CN1CC(N2C3=C(C=CCC3)C3=C(c4ccccc42)N(C2=CC(c4nccc5ccccc45)=CCC2)C2C=CC=CC32)=Cc2ccccc21. The molecule has 2 atom stereocenters. The molecule has 0 bridgehead atoms.